The maximum atomic E-state index is 12.9. The standard InChI is InChI=1S/C22H29ClN4O2/c1-17(20(28)25-22(16-24)9-3-2-4-10-22)26-11-6-12-27(14-13-26)21(29)18-7-5-8-19(23)15-18/h5,7-8,15,17H,2-4,6,9-14H2,1H3,(H,25,28). The minimum absolute atomic E-state index is 0.0305. The summed E-state index contributed by atoms with van der Waals surface area (Å²) in [5, 5.41) is 13.2. The summed E-state index contributed by atoms with van der Waals surface area (Å²) in [5.74, 6) is -0.125. The van der Waals surface area contributed by atoms with Gasteiger partial charge in [0.1, 0.15) is 5.54 Å². The van der Waals surface area contributed by atoms with E-state index in [9.17, 15) is 14.9 Å². The Kier molecular flexibility index (Phi) is 7.15. The molecule has 1 aromatic carbocycles. The highest BCUT2D eigenvalue weighted by molar-refractivity contribution is 6.30. The van der Waals surface area contributed by atoms with Crippen molar-refractivity contribution in [3.63, 3.8) is 0 Å². The zero-order chi connectivity index (χ0) is 20.9. The summed E-state index contributed by atoms with van der Waals surface area (Å²) in [6.45, 7) is 4.47. The number of hydrogen-bond donors (Lipinski definition) is 1. The SMILES string of the molecule is CC(C(=O)NC1(C#N)CCCCC1)N1CCCN(C(=O)c2cccc(Cl)c2)CC1. The van der Waals surface area contributed by atoms with Crippen LogP contribution in [0.5, 0.6) is 0 Å². The van der Waals surface area contributed by atoms with Gasteiger partial charge in [0, 0.05) is 36.8 Å². The second-order valence-electron chi connectivity index (χ2n) is 8.11. The molecular weight excluding hydrogens is 388 g/mol. The van der Waals surface area contributed by atoms with Crippen LogP contribution in [0.1, 0.15) is 55.8 Å². The Morgan fingerprint density at radius 1 is 1.14 bits per heavy atom. The van der Waals surface area contributed by atoms with Crippen molar-refractivity contribution in [3.8, 4) is 6.07 Å². The molecule has 2 aliphatic rings. The second kappa shape index (κ2) is 9.60. The van der Waals surface area contributed by atoms with Gasteiger partial charge in [0.2, 0.25) is 5.91 Å². The fourth-order valence-electron chi connectivity index (χ4n) is 4.26. The van der Waals surface area contributed by atoms with E-state index in [2.05, 4.69) is 16.3 Å². The van der Waals surface area contributed by atoms with Crippen molar-refractivity contribution >= 4 is 23.4 Å². The Morgan fingerprint density at radius 2 is 1.90 bits per heavy atom. The van der Waals surface area contributed by atoms with E-state index in [1.807, 2.05) is 11.8 Å². The fraction of sp³-hybridized carbons (Fsp3) is 0.591. The zero-order valence-electron chi connectivity index (χ0n) is 17.0. The molecule has 6 nitrogen and oxygen atoms in total. The Morgan fingerprint density at radius 3 is 2.59 bits per heavy atom. The number of nitrogens with zero attached hydrogens (tertiary/aromatic N) is 3. The minimum atomic E-state index is -0.718. The molecule has 1 N–H and O–H groups in total. The third-order valence-corrected chi connectivity index (χ3v) is 6.34. The van der Waals surface area contributed by atoms with E-state index in [0.717, 1.165) is 45.1 Å². The molecule has 1 saturated carbocycles. The van der Waals surface area contributed by atoms with Gasteiger partial charge in [0.15, 0.2) is 0 Å². The number of carbonyl (C=O) groups excluding carboxylic acids is 2. The van der Waals surface area contributed by atoms with Crippen LogP contribution in [-0.4, -0.2) is 59.4 Å². The largest absolute Gasteiger partial charge is 0.337 e. The van der Waals surface area contributed by atoms with Crippen molar-refractivity contribution in [1.82, 2.24) is 15.1 Å². The highest BCUT2D eigenvalue weighted by Gasteiger charge is 2.36. The lowest BCUT2D eigenvalue weighted by Gasteiger charge is -2.34. The Hall–Kier alpha value is -2.10. The molecule has 1 unspecified atom stereocenters. The van der Waals surface area contributed by atoms with E-state index in [1.54, 1.807) is 24.3 Å². The maximum absolute atomic E-state index is 12.9. The van der Waals surface area contributed by atoms with Gasteiger partial charge < -0.3 is 10.2 Å². The third kappa shape index (κ3) is 5.29. The van der Waals surface area contributed by atoms with Gasteiger partial charge in [-0.1, -0.05) is 36.9 Å². The lowest BCUT2D eigenvalue weighted by Crippen LogP contribution is -2.55. The molecule has 0 aromatic heterocycles. The van der Waals surface area contributed by atoms with E-state index in [1.165, 1.54) is 0 Å². The first-order valence-corrected chi connectivity index (χ1v) is 10.8. The predicted octanol–water partition coefficient (Wildman–Crippen LogP) is 3.22. The van der Waals surface area contributed by atoms with Crippen LogP contribution in [0.4, 0.5) is 0 Å². The summed E-state index contributed by atoms with van der Waals surface area (Å²) in [6, 6.07) is 9.02. The second-order valence-corrected chi connectivity index (χ2v) is 8.55. The summed E-state index contributed by atoms with van der Waals surface area (Å²) >= 11 is 6.02. The number of carbonyl (C=O) groups is 2. The van der Waals surface area contributed by atoms with Crippen LogP contribution in [-0.2, 0) is 4.79 Å². The summed E-state index contributed by atoms with van der Waals surface area (Å²) in [6.07, 6.45) is 5.33. The molecule has 1 saturated heterocycles. The molecule has 1 atom stereocenters. The number of hydrogen-bond acceptors (Lipinski definition) is 4. The van der Waals surface area contributed by atoms with Gasteiger partial charge in [-0.3, -0.25) is 14.5 Å². The first kappa shape index (κ1) is 21.6. The van der Waals surface area contributed by atoms with E-state index >= 15 is 0 Å². The van der Waals surface area contributed by atoms with E-state index in [4.69, 9.17) is 11.6 Å². The van der Waals surface area contributed by atoms with E-state index in [0.29, 0.717) is 30.2 Å². The summed E-state index contributed by atoms with van der Waals surface area (Å²) in [5.41, 5.74) is -0.130. The summed E-state index contributed by atoms with van der Waals surface area (Å²) in [4.78, 5) is 29.6. The molecule has 1 aliphatic carbocycles. The van der Waals surface area contributed by atoms with Gasteiger partial charge >= 0.3 is 0 Å². The van der Waals surface area contributed by atoms with Crippen molar-refractivity contribution in [2.24, 2.45) is 0 Å². The summed E-state index contributed by atoms with van der Waals surface area (Å²) in [7, 11) is 0. The lowest BCUT2D eigenvalue weighted by molar-refractivity contribution is -0.127. The van der Waals surface area contributed by atoms with Crippen LogP contribution in [0.15, 0.2) is 24.3 Å². The van der Waals surface area contributed by atoms with Gasteiger partial charge in [0.05, 0.1) is 12.1 Å². The lowest BCUT2D eigenvalue weighted by atomic mass is 9.82. The molecule has 1 aromatic rings. The minimum Gasteiger partial charge on any atom is -0.337 e. The maximum Gasteiger partial charge on any atom is 0.253 e. The molecule has 3 rings (SSSR count). The highest BCUT2D eigenvalue weighted by atomic mass is 35.5. The van der Waals surface area contributed by atoms with Gasteiger partial charge in [-0.05, 0) is 44.4 Å². The summed E-state index contributed by atoms with van der Waals surface area (Å²) < 4.78 is 0. The molecular formula is C22H29ClN4O2. The van der Waals surface area contributed by atoms with Crippen molar-refractivity contribution in [3.05, 3.63) is 34.9 Å². The molecule has 2 amide bonds. The van der Waals surface area contributed by atoms with Crippen molar-refractivity contribution in [2.45, 2.75) is 57.0 Å². The van der Waals surface area contributed by atoms with Gasteiger partial charge in [0.25, 0.3) is 5.91 Å². The number of nitriles is 1. The van der Waals surface area contributed by atoms with Crippen LogP contribution in [0.3, 0.4) is 0 Å². The van der Waals surface area contributed by atoms with Crippen LogP contribution in [0.2, 0.25) is 5.02 Å². The normalized spacial score (nSPS) is 20.9. The van der Waals surface area contributed by atoms with E-state index in [-0.39, 0.29) is 17.9 Å². The van der Waals surface area contributed by atoms with Gasteiger partial charge in [-0.25, -0.2) is 0 Å². The molecule has 7 heteroatoms. The molecule has 156 valence electrons. The molecule has 0 bridgehead atoms. The third-order valence-electron chi connectivity index (χ3n) is 6.10. The average Bonchev–Trinajstić information content (AvgIpc) is 2.99. The van der Waals surface area contributed by atoms with Crippen molar-refractivity contribution < 1.29 is 9.59 Å². The van der Waals surface area contributed by atoms with Crippen LogP contribution in [0.25, 0.3) is 0 Å². The number of rotatable bonds is 4. The van der Waals surface area contributed by atoms with Crippen LogP contribution in [0, 0.1) is 11.3 Å². The van der Waals surface area contributed by atoms with E-state index < -0.39 is 5.54 Å². The smallest absolute Gasteiger partial charge is 0.253 e. The molecule has 1 aliphatic heterocycles. The quantitative estimate of drug-likeness (QED) is 0.817. The topological polar surface area (TPSA) is 76.4 Å². The van der Waals surface area contributed by atoms with Crippen LogP contribution < -0.4 is 5.32 Å². The molecule has 2 fully saturated rings. The van der Waals surface area contributed by atoms with Gasteiger partial charge in [-0.15, -0.1) is 0 Å². The van der Waals surface area contributed by atoms with Crippen molar-refractivity contribution in [2.75, 3.05) is 26.2 Å². The Balaban J connectivity index is 1.59. The Bertz CT molecular complexity index is 785. The first-order chi connectivity index (χ1) is 13.9. The monoisotopic (exact) mass is 416 g/mol. The number of amides is 2. The first-order valence-electron chi connectivity index (χ1n) is 10.5. The number of halogens is 1. The highest BCUT2D eigenvalue weighted by Crippen LogP contribution is 2.28. The fourth-order valence-corrected chi connectivity index (χ4v) is 4.45. The predicted molar refractivity (Wildman–Crippen MR) is 113 cm³/mol. The Labute approximate surface area is 177 Å². The van der Waals surface area contributed by atoms with Crippen molar-refractivity contribution in [1.29, 1.82) is 5.26 Å². The van der Waals surface area contributed by atoms with Gasteiger partial charge in [-0.2, -0.15) is 5.26 Å². The average molecular weight is 417 g/mol. The molecule has 1 heterocycles. The number of nitrogens with one attached hydrogen (secondary N) is 1. The number of benzene rings is 1. The molecule has 29 heavy (non-hydrogen) atoms. The van der Waals surface area contributed by atoms with Crippen LogP contribution >= 0.6 is 11.6 Å². The molecule has 0 spiro atoms. The zero-order valence-corrected chi connectivity index (χ0v) is 17.7. The molecule has 0 radical (unpaired) electrons.